The van der Waals surface area contributed by atoms with Crippen molar-refractivity contribution in [3.63, 3.8) is 0 Å². The van der Waals surface area contributed by atoms with Crippen LogP contribution in [0.1, 0.15) is 40.0 Å². The number of hydrogen-bond acceptors (Lipinski definition) is 1. The van der Waals surface area contributed by atoms with Gasteiger partial charge in [-0.2, -0.15) is 0 Å². The molecule has 0 bridgehead atoms. The van der Waals surface area contributed by atoms with E-state index in [9.17, 15) is 0 Å². The van der Waals surface area contributed by atoms with Gasteiger partial charge in [0.2, 0.25) is 0 Å². The first-order chi connectivity index (χ1) is 6.13. The zero-order valence-corrected chi connectivity index (χ0v) is 9.58. The van der Waals surface area contributed by atoms with Crippen LogP contribution >= 0.6 is 12.2 Å². The molecule has 13 heavy (non-hydrogen) atoms. The second-order valence-electron chi connectivity index (χ2n) is 4.15. The Morgan fingerprint density at radius 2 is 2.08 bits per heavy atom. The van der Waals surface area contributed by atoms with Crippen LogP contribution in [0.25, 0.3) is 0 Å². The van der Waals surface area contributed by atoms with Gasteiger partial charge in [-0.15, -0.1) is 0 Å². The van der Waals surface area contributed by atoms with Crippen LogP contribution in [-0.4, -0.2) is 17.2 Å². The van der Waals surface area contributed by atoms with Gasteiger partial charge in [0.15, 0.2) is 5.11 Å². The molecular formula is C10H20N2S. The van der Waals surface area contributed by atoms with Gasteiger partial charge in [0.25, 0.3) is 0 Å². The van der Waals surface area contributed by atoms with Gasteiger partial charge >= 0.3 is 0 Å². The van der Waals surface area contributed by atoms with Crippen molar-refractivity contribution in [2.45, 2.75) is 52.1 Å². The van der Waals surface area contributed by atoms with Crippen LogP contribution in [0.3, 0.4) is 0 Å². The monoisotopic (exact) mass is 200 g/mol. The van der Waals surface area contributed by atoms with E-state index in [1.807, 2.05) is 0 Å². The summed E-state index contributed by atoms with van der Waals surface area (Å²) in [6.45, 7) is 6.64. The lowest BCUT2D eigenvalue weighted by atomic mass is 10.0. The highest BCUT2D eigenvalue weighted by molar-refractivity contribution is 7.80. The molecule has 0 aromatic rings. The molecule has 0 spiro atoms. The van der Waals surface area contributed by atoms with Crippen LogP contribution in [-0.2, 0) is 0 Å². The fourth-order valence-corrected chi connectivity index (χ4v) is 1.68. The van der Waals surface area contributed by atoms with Crippen LogP contribution in [0.2, 0.25) is 0 Å². The SMILES string of the molecule is CCC(NC(=S)NC1CC1)C(C)C. The number of hydrogen-bond donors (Lipinski definition) is 2. The van der Waals surface area contributed by atoms with Crippen molar-refractivity contribution in [2.75, 3.05) is 0 Å². The van der Waals surface area contributed by atoms with E-state index in [1.165, 1.54) is 12.8 Å². The van der Waals surface area contributed by atoms with Crippen molar-refractivity contribution >= 4 is 17.3 Å². The van der Waals surface area contributed by atoms with E-state index in [2.05, 4.69) is 31.4 Å². The lowest BCUT2D eigenvalue weighted by Crippen LogP contribution is -2.44. The molecule has 1 aliphatic rings. The molecular weight excluding hydrogens is 180 g/mol. The average Bonchev–Trinajstić information content (AvgIpc) is 2.83. The molecule has 1 atom stereocenters. The molecule has 0 aromatic carbocycles. The molecule has 1 rings (SSSR count). The summed E-state index contributed by atoms with van der Waals surface area (Å²) < 4.78 is 0. The fraction of sp³-hybridized carbons (Fsp3) is 0.900. The van der Waals surface area contributed by atoms with E-state index >= 15 is 0 Å². The van der Waals surface area contributed by atoms with E-state index in [1.54, 1.807) is 0 Å². The maximum absolute atomic E-state index is 5.21. The van der Waals surface area contributed by atoms with Crippen LogP contribution in [0.4, 0.5) is 0 Å². The third kappa shape index (κ3) is 3.94. The molecule has 2 N–H and O–H groups in total. The molecule has 2 nitrogen and oxygen atoms in total. The Hall–Kier alpha value is -0.310. The summed E-state index contributed by atoms with van der Waals surface area (Å²) >= 11 is 5.21. The highest BCUT2D eigenvalue weighted by atomic mass is 32.1. The summed E-state index contributed by atoms with van der Waals surface area (Å²) in [7, 11) is 0. The topological polar surface area (TPSA) is 24.1 Å². The van der Waals surface area contributed by atoms with E-state index in [0.29, 0.717) is 18.0 Å². The molecule has 1 aliphatic carbocycles. The Bertz CT molecular complexity index is 176. The third-order valence-electron chi connectivity index (χ3n) is 2.47. The zero-order chi connectivity index (χ0) is 9.84. The predicted molar refractivity (Wildman–Crippen MR) is 60.8 cm³/mol. The summed E-state index contributed by atoms with van der Waals surface area (Å²) in [5.74, 6) is 0.643. The molecule has 3 heteroatoms. The van der Waals surface area contributed by atoms with Crippen LogP contribution in [0.15, 0.2) is 0 Å². The average molecular weight is 200 g/mol. The lowest BCUT2D eigenvalue weighted by Gasteiger charge is -2.22. The molecule has 1 unspecified atom stereocenters. The van der Waals surface area contributed by atoms with Crippen LogP contribution in [0.5, 0.6) is 0 Å². The van der Waals surface area contributed by atoms with Crippen molar-refractivity contribution < 1.29 is 0 Å². The van der Waals surface area contributed by atoms with Gasteiger partial charge in [0.1, 0.15) is 0 Å². The first-order valence-corrected chi connectivity index (χ1v) is 5.61. The summed E-state index contributed by atoms with van der Waals surface area (Å²) in [5.41, 5.74) is 0. The Balaban J connectivity index is 2.22. The van der Waals surface area contributed by atoms with Crippen molar-refractivity contribution in [2.24, 2.45) is 5.92 Å². The Kier molecular flexibility index (Phi) is 3.97. The van der Waals surface area contributed by atoms with Crippen molar-refractivity contribution in [1.29, 1.82) is 0 Å². The Morgan fingerprint density at radius 1 is 1.46 bits per heavy atom. The largest absolute Gasteiger partial charge is 0.360 e. The lowest BCUT2D eigenvalue weighted by molar-refractivity contribution is 0.439. The summed E-state index contributed by atoms with van der Waals surface area (Å²) in [6, 6.07) is 1.17. The number of nitrogens with one attached hydrogen (secondary N) is 2. The molecule has 0 radical (unpaired) electrons. The molecule has 0 aliphatic heterocycles. The molecule has 0 heterocycles. The maximum Gasteiger partial charge on any atom is 0.166 e. The fourth-order valence-electron chi connectivity index (χ4n) is 1.36. The Labute approximate surface area is 86.5 Å². The van der Waals surface area contributed by atoms with Crippen molar-refractivity contribution in [3.05, 3.63) is 0 Å². The first-order valence-electron chi connectivity index (χ1n) is 5.20. The highest BCUT2D eigenvalue weighted by Gasteiger charge is 2.22. The Morgan fingerprint density at radius 3 is 2.46 bits per heavy atom. The minimum Gasteiger partial charge on any atom is -0.360 e. The number of rotatable bonds is 4. The molecule has 1 saturated carbocycles. The second kappa shape index (κ2) is 4.80. The smallest absolute Gasteiger partial charge is 0.166 e. The van der Waals surface area contributed by atoms with E-state index in [0.717, 1.165) is 11.5 Å². The van der Waals surface area contributed by atoms with Gasteiger partial charge in [0.05, 0.1) is 0 Å². The minimum absolute atomic E-state index is 0.513. The first kappa shape index (κ1) is 10.8. The van der Waals surface area contributed by atoms with Gasteiger partial charge in [0, 0.05) is 12.1 Å². The van der Waals surface area contributed by atoms with E-state index in [-0.39, 0.29) is 0 Å². The maximum atomic E-state index is 5.21. The van der Waals surface area contributed by atoms with Crippen molar-refractivity contribution in [1.82, 2.24) is 10.6 Å². The van der Waals surface area contributed by atoms with Gasteiger partial charge in [-0.1, -0.05) is 20.8 Å². The summed E-state index contributed by atoms with van der Waals surface area (Å²) in [5, 5.41) is 7.49. The van der Waals surface area contributed by atoms with Gasteiger partial charge in [-0.3, -0.25) is 0 Å². The minimum atomic E-state index is 0.513. The van der Waals surface area contributed by atoms with E-state index in [4.69, 9.17) is 12.2 Å². The number of thiocarbonyl (C=S) groups is 1. The molecule has 0 amide bonds. The normalized spacial score (nSPS) is 18.5. The molecule has 76 valence electrons. The third-order valence-corrected chi connectivity index (χ3v) is 2.71. The predicted octanol–water partition coefficient (Wildman–Crippen LogP) is 2.05. The zero-order valence-electron chi connectivity index (χ0n) is 8.76. The van der Waals surface area contributed by atoms with Crippen LogP contribution in [0, 0.1) is 5.92 Å². The highest BCUT2D eigenvalue weighted by Crippen LogP contribution is 2.18. The molecule has 0 aromatic heterocycles. The van der Waals surface area contributed by atoms with Gasteiger partial charge in [-0.05, 0) is 37.4 Å². The van der Waals surface area contributed by atoms with Crippen LogP contribution < -0.4 is 10.6 Å². The van der Waals surface area contributed by atoms with Crippen molar-refractivity contribution in [3.8, 4) is 0 Å². The molecule has 1 fully saturated rings. The quantitative estimate of drug-likeness (QED) is 0.679. The van der Waals surface area contributed by atoms with Gasteiger partial charge < -0.3 is 10.6 Å². The van der Waals surface area contributed by atoms with Gasteiger partial charge in [-0.25, -0.2) is 0 Å². The van der Waals surface area contributed by atoms with E-state index < -0.39 is 0 Å². The summed E-state index contributed by atoms with van der Waals surface area (Å²) in [6.07, 6.45) is 3.69. The molecule has 0 saturated heterocycles. The summed E-state index contributed by atoms with van der Waals surface area (Å²) in [4.78, 5) is 0. The standard InChI is InChI=1S/C10H20N2S/c1-4-9(7(2)3)12-10(13)11-8-5-6-8/h7-9H,4-6H2,1-3H3,(H2,11,12,13). The second-order valence-corrected chi connectivity index (χ2v) is 4.56.